The normalized spacial score (nSPS) is 25.4. The fraction of sp³-hybridized carbons (Fsp3) is 0.533. The molecule has 104 valence electrons. The second-order valence-corrected chi connectivity index (χ2v) is 5.34. The number of piperazine rings is 1. The summed E-state index contributed by atoms with van der Waals surface area (Å²) < 4.78 is 0. The molecule has 1 N–H and O–H groups in total. The number of carboxylic acid groups (broad SMARTS) is 1. The predicted octanol–water partition coefficient (Wildman–Crippen LogP) is 1.67. The molecule has 2 rings (SSSR count). The van der Waals surface area contributed by atoms with E-state index in [9.17, 15) is 4.79 Å². The standard InChI is InChI=1S/C15H22N2O2/c1-12-14(10-15(18)19)16(2)8-9-17(12)11-13-6-4-3-5-7-13/h3-7,12,14H,8-11H2,1-2H3,(H,18,19)/t12-,14+/m1/s1. The van der Waals surface area contributed by atoms with Crippen molar-refractivity contribution >= 4 is 5.97 Å². The van der Waals surface area contributed by atoms with Crippen molar-refractivity contribution in [3.63, 3.8) is 0 Å². The molecule has 0 aliphatic carbocycles. The first-order valence-corrected chi connectivity index (χ1v) is 6.78. The summed E-state index contributed by atoms with van der Waals surface area (Å²) in [5, 5.41) is 9.03. The zero-order chi connectivity index (χ0) is 13.8. The Morgan fingerprint density at radius 3 is 2.63 bits per heavy atom. The highest BCUT2D eigenvalue weighted by Crippen LogP contribution is 2.20. The smallest absolute Gasteiger partial charge is 0.304 e. The summed E-state index contributed by atoms with van der Waals surface area (Å²) in [7, 11) is 2.02. The van der Waals surface area contributed by atoms with E-state index in [4.69, 9.17) is 5.11 Å². The summed E-state index contributed by atoms with van der Waals surface area (Å²) in [6, 6.07) is 10.7. The van der Waals surface area contributed by atoms with E-state index in [-0.39, 0.29) is 18.5 Å². The Hall–Kier alpha value is -1.39. The molecule has 0 amide bonds. The van der Waals surface area contributed by atoms with E-state index in [2.05, 4.69) is 28.9 Å². The van der Waals surface area contributed by atoms with E-state index in [1.165, 1.54) is 5.56 Å². The van der Waals surface area contributed by atoms with Crippen molar-refractivity contribution in [1.82, 2.24) is 9.80 Å². The fourth-order valence-corrected chi connectivity index (χ4v) is 2.81. The number of carbonyl (C=O) groups is 1. The first-order chi connectivity index (χ1) is 9.08. The van der Waals surface area contributed by atoms with Gasteiger partial charge in [-0.05, 0) is 19.5 Å². The summed E-state index contributed by atoms with van der Waals surface area (Å²) in [4.78, 5) is 15.5. The minimum atomic E-state index is -0.717. The van der Waals surface area contributed by atoms with Gasteiger partial charge in [-0.15, -0.1) is 0 Å². The van der Waals surface area contributed by atoms with Crippen LogP contribution in [-0.2, 0) is 11.3 Å². The number of nitrogens with zero attached hydrogens (tertiary/aromatic N) is 2. The van der Waals surface area contributed by atoms with Crippen LogP contribution in [0.15, 0.2) is 30.3 Å². The fourth-order valence-electron chi connectivity index (χ4n) is 2.81. The van der Waals surface area contributed by atoms with Gasteiger partial charge in [-0.3, -0.25) is 9.69 Å². The first-order valence-electron chi connectivity index (χ1n) is 6.78. The molecule has 1 saturated heterocycles. The second kappa shape index (κ2) is 6.17. The molecule has 0 saturated carbocycles. The molecule has 19 heavy (non-hydrogen) atoms. The molecule has 0 bridgehead atoms. The molecule has 1 aliphatic rings. The number of hydrogen-bond acceptors (Lipinski definition) is 3. The van der Waals surface area contributed by atoms with E-state index >= 15 is 0 Å². The van der Waals surface area contributed by atoms with Crippen LogP contribution < -0.4 is 0 Å². The third kappa shape index (κ3) is 3.55. The van der Waals surface area contributed by atoms with Gasteiger partial charge in [0, 0.05) is 31.7 Å². The van der Waals surface area contributed by atoms with Gasteiger partial charge in [-0.25, -0.2) is 0 Å². The van der Waals surface area contributed by atoms with Crippen LogP contribution in [0.1, 0.15) is 18.9 Å². The molecule has 0 radical (unpaired) electrons. The third-order valence-corrected chi connectivity index (χ3v) is 4.05. The Morgan fingerprint density at radius 1 is 1.32 bits per heavy atom. The van der Waals surface area contributed by atoms with Crippen molar-refractivity contribution in [1.29, 1.82) is 0 Å². The average molecular weight is 262 g/mol. The predicted molar refractivity (Wildman–Crippen MR) is 75.0 cm³/mol. The quantitative estimate of drug-likeness (QED) is 0.896. The lowest BCUT2D eigenvalue weighted by molar-refractivity contribution is -0.139. The van der Waals surface area contributed by atoms with Crippen molar-refractivity contribution in [2.24, 2.45) is 0 Å². The number of benzene rings is 1. The molecule has 1 heterocycles. The molecule has 1 aromatic rings. The van der Waals surface area contributed by atoms with Crippen molar-refractivity contribution in [3.05, 3.63) is 35.9 Å². The molecular formula is C15H22N2O2. The van der Waals surface area contributed by atoms with Crippen molar-refractivity contribution in [2.45, 2.75) is 32.0 Å². The van der Waals surface area contributed by atoms with Crippen LogP contribution in [0.3, 0.4) is 0 Å². The van der Waals surface area contributed by atoms with Crippen LogP contribution in [0.5, 0.6) is 0 Å². The van der Waals surface area contributed by atoms with Crippen LogP contribution in [0.4, 0.5) is 0 Å². The summed E-state index contributed by atoms with van der Waals surface area (Å²) in [5.41, 5.74) is 1.29. The van der Waals surface area contributed by atoms with Crippen LogP contribution in [0.25, 0.3) is 0 Å². The summed E-state index contributed by atoms with van der Waals surface area (Å²) in [6.07, 6.45) is 0.211. The Balaban J connectivity index is 2.04. The molecule has 0 unspecified atom stereocenters. The Labute approximate surface area is 114 Å². The summed E-state index contributed by atoms with van der Waals surface area (Å²) in [6.45, 7) is 4.94. The third-order valence-electron chi connectivity index (χ3n) is 4.05. The molecule has 2 atom stereocenters. The van der Waals surface area contributed by atoms with Crippen LogP contribution >= 0.6 is 0 Å². The molecule has 0 aromatic heterocycles. The molecule has 4 heteroatoms. The maximum absolute atomic E-state index is 11.0. The van der Waals surface area contributed by atoms with Gasteiger partial charge in [0.15, 0.2) is 0 Å². The van der Waals surface area contributed by atoms with Crippen LogP contribution in [0, 0.1) is 0 Å². The monoisotopic (exact) mass is 262 g/mol. The highest BCUT2D eigenvalue weighted by Gasteiger charge is 2.32. The maximum atomic E-state index is 11.0. The number of likely N-dealkylation sites (N-methyl/N-ethyl adjacent to an activating group) is 1. The number of rotatable bonds is 4. The Kier molecular flexibility index (Phi) is 4.56. The summed E-state index contributed by atoms with van der Waals surface area (Å²) in [5.74, 6) is -0.717. The van der Waals surface area contributed by atoms with Gasteiger partial charge in [0.05, 0.1) is 6.42 Å². The average Bonchev–Trinajstić information content (AvgIpc) is 2.39. The lowest BCUT2D eigenvalue weighted by Crippen LogP contribution is -2.57. The van der Waals surface area contributed by atoms with E-state index in [1.807, 2.05) is 25.2 Å². The molecule has 4 nitrogen and oxygen atoms in total. The SMILES string of the molecule is C[C@@H]1[C@H](CC(=O)O)N(C)CCN1Cc1ccccc1. The van der Waals surface area contributed by atoms with Crippen LogP contribution in [0.2, 0.25) is 0 Å². The molecule has 1 aliphatic heterocycles. The number of hydrogen-bond donors (Lipinski definition) is 1. The minimum Gasteiger partial charge on any atom is -0.481 e. The highest BCUT2D eigenvalue weighted by atomic mass is 16.4. The van der Waals surface area contributed by atoms with Gasteiger partial charge in [-0.2, -0.15) is 0 Å². The largest absolute Gasteiger partial charge is 0.481 e. The summed E-state index contributed by atoms with van der Waals surface area (Å²) >= 11 is 0. The van der Waals surface area contributed by atoms with Gasteiger partial charge >= 0.3 is 5.97 Å². The van der Waals surface area contributed by atoms with E-state index in [0.717, 1.165) is 19.6 Å². The van der Waals surface area contributed by atoms with Gasteiger partial charge in [0.2, 0.25) is 0 Å². The first kappa shape index (κ1) is 14.0. The molecule has 1 fully saturated rings. The van der Waals surface area contributed by atoms with Gasteiger partial charge < -0.3 is 10.0 Å². The van der Waals surface area contributed by atoms with Gasteiger partial charge in [0.25, 0.3) is 0 Å². The minimum absolute atomic E-state index is 0.0926. The highest BCUT2D eigenvalue weighted by molar-refractivity contribution is 5.67. The zero-order valence-corrected chi connectivity index (χ0v) is 11.6. The van der Waals surface area contributed by atoms with Crippen molar-refractivity contribution < 1.29 is 9.90 Å². The van der Waals surface area contributed by atoms with E-state index in [1.54, 1.807) is 0 Å². The van der Waals surface area contributed by atoms with Gasteiger partial charge in [0.1, 0.15) is 0 Å². The number of aliphatic carboxylic acids is 1. The van der Waals surface area contributed by atoms with Gasteiger partial charge in [-0.1, -0.05) is 30.3 Å². The topological polar surface area (TPSA) is 43.8 Å². The van der Waals surface area contributed by atoms with Crippen LogP contribution in [-0.4, -0.2) is 53.1 Å². The zero-order valence-electron chi connectivity index (χ0n) is 11.6. The maximum Gasteiger partial charge on any atom is 0.304 e. The van der Waals surface area contributed by atoms with E-state index in [0.29, 0.717) is 0 Å². The van der Waals surface area contributed by atoms with Crippen molar-refractivity contribution in [3.8, 4) is 0 Å². The molecule has 0 spiro atoms. The molecule has 1 aromatic carbocycles. The lowest BCUT2D eigenvalue weighted by atomic mass is 9.99. The van der Waals surface area contributed by atoms with Crippen molar-refractivity contribution in [2.75, 3.05) is 20.1 Å². The second-order valence-electron chi connectivity index (χ2n) is 5.34. The van der Waals surface area contributed by atoms with E-state index < -0.39 is 5.97 Å². The Bertz CT molecular complexity index is 421. The lowest BCUT2D eigenvalue weighted by Gasteiger charge is -2.44. The molecular weight excluding hydrogens is 240 g/mol. The number of carboxylic acids is 1. The Morgan fingerprint density at radius 2 is 2.00 bits per heavy atom.